The summed E-state index contributed by atoms with van der Waals surface area (Å²) in [6.45, 7) is 3.72. The summed E-state index contributed by atoms with van der Waals surface area (Å²) < 4.78 is 0. The van der Waals surface area contributed by atoms with Crippen LogP contribution in [0.5, 0.6) is 0 Å². The van der Waals surface area contributed by atoms with Crippen molar-refractivity contribution in [3.8, 4) is 0 Å². The van der Waals surface area contributed by atoms with Gasteiger partial charge in [-0.05, 0) is 18.3 Å². The van der Waals surface area contributed by atoms with Crippen molar-refractivity contribution in [2.24, 2.45) is 4.99 Å². The maximum Gasteiger partial charge on any atom is 0.226 e. The average Bonchev–Trinajstić information content (AvgIpc) is 2.61. The van der Waals surface area contributed by atoms with Gasteiger partial charge in [-0.15, -0.1) is 0 Å². The van der Waals surface area contributed by atoms with Crippen LogP contribution in [0.15, 0.2) is 11.2 Å². The van der Waals surface area contributed by atoms with Crippen molar-refractivity contribution >= 4 is 35.2 Å². The van der Waals surface area contributed by atoms with Crippen molar-refractivity contribution in [2.75, 3.05) is 12.0 Å². The molecule has 0 spiro atoms. The summed E-state index contributed by atoms with van der Waals surface area (Å²) in [5.41, 5.74) is 0.594. The van der Waals surface area contributed by atoms with E-state index in [9.17, 15) is 0 Å². The first kappa shape index (κ1) is 8.89. The average molecular weight is 211 g/mol. The zero-order valence-electron chi connectivity index (χ0n) is 7.16. The summed E-state index contributed by atoms with van der Waals surface area (Å²) in [6, 6.07) is 0. The van der Waals surface area contributed by atoms with Crippen LogP contribution >= 0.6 is 11.6 Å². The molecular weight excluding hydrogens is 204 g/mol. The first-order chi connectivity index (χ1) is 6.81. The topological polar surface area (TPSA) is 78.9 Å². The Balaban J connectivity index is 2.49. The molecule has 0 radical (unpaired) electrons. The van der Waals surface area contributed by atoms with Crippen LogP contribution in [0, 0.1) is 0 Å². The third kappa shape index (κ3) is 1.51. The highest BCUT2D eigenvalue weighted by atomic mass is 35.5. The molecule has 0 unspecified atom stereocenters. The van der Waals surface area contributed by atoms with Gasteiger partial charge in [-0.2, -0.15) is 15.1 Å². The molecule has 0 amide bonds. The standard InChI is InChI=1S/C7H7ClN6/c1-9-3-10-5-4-2-11-14-6(4)13-7(8)12-5/h2H,1,3H2,(H2,10,11,12,13,14). The van der Waals surface area contributed by atoms with E-state index in [0.717, 1.165) is 5.39 Å². The van der Waals surface area contributed by atoms with Gasteiger partial charge in [0.25, 0.3) is 0 Å². The number of hydrogen-bond donors (Lipinski definition) is 2. The van der Waals surface area contributed by atoms with Gasteiger partial charge in [0.2, 0.25) is 5.28 Å². The molecule has 0 saturated carbocycles. The fraction of sp³-hybridized carbons (Fsp3) is 0.143. The Kier molecular flexibility index (Phi) is 2.28. The molecule has 2 heterocycles. The molecular formula is C7H7ClN6. The van der Waals surface area contributed by atoms with Crippen molar-refractivity contribution in [1.29, 1.82) is 0 Å². The highest BCUT2D eigenvalue weighted by Gasteiger charge is 2.06. The molecule has 2 aromatic heterocycles. The molecule has 0 aliphatic heterocycles. The minimum Gasteiger partial charge on any atom is -0.350 e. The first-order valence-electron chi connectivity index (χ1n) is 3.84. The fourth-order valence-electron chi connectivity index (χ4n) is 1.07. The van der Waals surface area contributed by atoms with Gasteiger partial charge in [-0.3, -0.25) is 10.1 Å². The highest BCUT2D eigenvalue weighted by Crippen LogP contribution is 2.19. The minimum absolute atomic E-state index is 0.160. The van der Waals surface area contributed by atoms with Crippen molar-refractivity contribution in [3.05, 3.63) is 11.5 Å². The van der Waals surface area contributed by atoms with E-state index in [1.54, 1.807) is 6.20 Å². The van der Waals surface area contributed by atoms with Crippen molar-refractivity contribution < 1.29 is 0 Å². The van der Waals surface area contributed by atoms with Gasteiger partial charge >= 0.3 is 0 Å². The fourth-order valence-corrected chi connectivity index (χ4v) is 1.24. The normalized spacial score (nSPS) is 10.4. The monoisotopic (exact) mass is 210 g/mol. The van der Waals surface area contributed by atoms with Gasteiger partial charge in [0.05, 0.1) is 11.6 Å². The predicted octanol–water partition coefficient (Wildman–Crippen LogP) is 1.08. The molecule has 72 valence electrons. The minimum atomic E-state index is 0.160. The maximum atomic E-state index is 5.70. The summed E-state index contributed by atoms with van der Waals surface area (Å²) in [6.07, 6.45) is 1.62. The van der Waals surface area contributed by atoms with E-state index in [0.29, 0.717) is 18.1 Å². The number of fused-ring (bicyclic) bond motifs is 1. The molecule has 0 fully saturated rings. The Bertz CT molecular complexity index is 464. The lowest BCUT2D eigenvalue weighted by molar-refractivity contribution is 1.08. The number of H-pyrrole nitrogens is 1. The number of nitrogens with one attached hydrogen (secondary N) is 2. The third-order valence-electron chi connectivity index (χ3n) is 1.64. The molecule has 14 heavy (non-hydrogen) atoms. The van der Waals surface area contributed by atoms with Crippen LogP contribution < -0.4 is 5.32 Å². The number of anilines is 1. The van der Waals surface area contributed by atoms with Gasteiger partial charge in [0, 0.05) is 0 Å². The smallest absolute Gasteiger partial charge is 0.226 e. The molecule has 0 bridgehead atoms. The van der Waals surface area contributed by atoms with Crippen molar-refractivity contribution in [3.63, 3.8) is 0 Å². The summed E-state index contributed by atoms with van der Waals surface area (Å²) in [7, 11) is 0. The number of aromatic nitrogens is 4. The quantitative estimate of drug-likeness (QED) is 0.587. The zero-order chi connectivity index (χ0) is 9.97. The van der Waals surface area contributed by atoms with Crippen LogP contribution in [-0.2, 0) is 0 Å². The Hall–Kier alpha value is -1.69. The number of aromatic amines is 1. The highest BCUT2D eigenvalue weighted by molar-refractivity contribution is 6.28. The lowest BCUT2D eigenvalue weighted by Gasteiger charge is -2.02. The lowest BCUT2D eigenvalue weighted by Crippen LogP contribution is -2.01. The Morgan fingerprint density at radius 1 is 1.57 bits per heavy atom. The van der Waals surface area contributed by atoms with E-state index in [-0.39, 0.29) is 5.28 Å². The summed E-state index contributed by atoms with van der Waals surface area (Å²) in [5, 5.41) is 10.4. The van der Waals surface area contributed by atoms with Gasteiger partial charge in [0.15, 0.2) is 5.65 Å². The summed E-state index contributed by atoms with van der Waals surface area (Å²) in [5.74, 6) is 0.598. The van der Waals surface area contributed by atoms with Gasteiger partial charge in [-0.1, -0.05) is 0 Å². The molecule has 2 rings (SSSR count). The zero-order valence-corrected chi connectivity index (χ0v) is 7.91. The van der Waals surface area contributed by atoms with Crippen LogP contribution in [0.3, 0.4) is 0 Å². The molecule has 0 atom stereocenters. The third-order valence-corrected chi connectivity index (χ3v) is 1.81. The number of halogens is 1. The van der Waals surface area contributed by atoms with Crippen LogP contribution in [-0.4, -0.2) is 33.6 Å². The molecule has 0 aliphatic carbocycles. The predicted molar refractivity (Wildman–Crippen MR) is 54.7 cm³/mol. The molecule has 2 aromatic rings. The largest absolute Gasteiger partial charge is 0.350 e. The van der Waals surface area contributed by atoms with E-state index < -0.39 is 0 Å². The van der Waals surface area contributed by atoms with Gasteiger partial charge in [0.1, 0.15) is 12.5 Å². The number of nitrogens with zero attached hydrogens (tertiary/aromatic N) is 4. The van der Waals surface area contributed by atoms with Crippen molar-refractivity contribution in [1.82, 2.24) is 20.2 Å². The number of aliphatic imine (C=N–C) groups is 1. The molecule has 2 N–H and O–H groups in total. The number of hydrogen-bond acceptors (Lipinski definition) is 5. The van der Waals surface area contributed by atoms with Crippen LogP contribution in [0.4, 0.5) is 5.82 Å². The van der Waals surface area contributed by atoms with E-state index in [4.69, 9.17) is 11.6 Å². The van der Waals surface area contributed by atoms with Crippen LogP contribution in [0.1, 0.15) is 0 Å². The number of rotatable bonds is 3. The molecule has 0 aromatic carbocycles. The summed E-state index contributed by atoms with van der Waals surface area (Å²) in [4.78, 5) is 11.6. The second-order valence-electron chi connectivity index (χ2n) is 2.53. The Morgan fingerprint density at radius 3 is 3.21 bits per heavy atom. The van der Waals surface area contributed by atoms with E-state index in [2.05, 4.69) is 37.2 Å². The second kappa shape index (κ2) is 3.59. The summed E-state index contributed by atoms with van der Waals surface area (Å²) >= 11 is 5.70. The molecule has 6 nitrogen and oxygen atoms in total. The van der Waals surface area contributed by atoms with E-state index in [1.807, 2.05) is 0 Å². The van der Waals surface area contributed by atoms with Gasteiger partial charge < -0.3 is 5.32 Å². The van der Waals surface area contributed by atoms with E-state index in [1.165, 1.54) is 0 Å². The maximum absolute atomic E-state index is 5.70. The molecule has 0 saturated heterocycles. The lowest BCUT2D eigenvalue weighted by atomic mass is 10.4. The Morgan fingerprint density at radius 2 is 2.43 bits per heavy atom. The molecule has 0 aliphatic rings. The van der Waals surface area contributed by atoms with Crippen LogP contribution in [0.25, 0.3) is 11.0 Å². The SMILES string of the molecule is C=NCNc1nc(Cl)nc2[nH]ncc12. The van der Waals surface area contributed by atoms with Gasteiger partial charge in [-0.25, -0.2) is 0 Å². The van der Waals surface area contributed by atoms with Crippen molar-refractivity contribution in [2.45, 2.75) is 0 Å². The molecule has 7 heteroatoms. The Labute approximate surface area is 84.4 Å². The first-order valence-corrected chi connectivity index (χ1v) is 4.22. The second-order valence-corrected chi connectivity index (χ2v) is 2.87. The van der Waals surface area contributed by atoms with Crippen LogP contribution in [0.2, 0.25) is 5.28 Å². The van der Waals surface area contributed by atoms with E-state index >= 15 is 0 Å².